The van der Waals surface area contributed by atoms with Crippen LogP contribution in [0.15, 0.2) is 29.0 Å². The van der Waals surface area contributed by atoms with Crippen molar-refractivity contribution in [1.82, 2.24) is 20.2 Å². The van der Waals surface area contributed by atoms with Gasteiger partial charge < -0.3 is 10.6 Å². The Bertz CT molecular complexity index is 618. The summed E-state index contributed by atoms with van der Waals surface area (Å²) in [4.78, 5) is 11.4. The molecule has 1 aromatic heterocycles. The monoisotopic (exact) mass is 385 g/mol. The van der Waals surface area contributed by atoms with Gasteiger partial charge in [-0.15, -0.1) is 12.4 Å². The molecule has 7 heteroatoms. The van der Waals surface area contributed by atoms with Gasteiger partial charge in [0, 0.05) is 44.2 Å². The molecule has 120 valence electrons. The lowest BCUT2D eigenvalue weighted by atomic mass is 10.2. The average molecular weight is 387 g/mol. The molecule has 0 radical (unpaired) electrons. The van der Waals surface area contributed by atoms with Crippen LogP contribution < -0.4 is 10.6 Å². The highest BCUT2D eigenvalue weighted by Gasteiger charge is 2.14. The lowest BCUT2D eigenvalue weighted by Gasteiger charge is -2.30. The second kappa shape index (κ2) is 8.06. The first kappa shape index (κ1) is 17.4. The van der Waals surface area contributed by atoms with E-state index >= 15 is 0 Å². The van der Waals surface area contributed by atoms with E-state index in [1.807, 2.05) is 18.2 Å². The molecule has 1 aliphatic rings. The van der Waals surface area contributed by atoms with E-state index in [1.54, 1.807) is 0 Å². The summed E-state index contributed by atoms with van der Waals surface area (Å²) in [6, 6.07) is 8.42. The number of benzene rings is 1. The van der Waals surface area contributed by atoms with Gasteiger partial charge in [-0.2, -0.15) is 0 Å². The molecular weight excluding hydrogens is 366 g/mol. The number of rotatable bonds is 4. The maximum absolute atomic E-state index is 4.50. The van der Waals surface area contributed by atoms with Crippen LogP contribution in [0.1, 0.15) is 6.92 Å². The maximum atomic E-state index is 4.50. The number of halogens is 2. The Morgan fingerprint density at radius 3 is 2.77 bits per heavy atom. The van der Waals surface area contributed by atoms with Crippen molar-refractivity contribution in [2.45, 2.75) is 13.0 Å². The zero-order valence-corrected chi connectivity index (χ0v) is 15.0. The quantitative estimate of drug-likeness (QED) is 0.791. The Morgan fingerprint density at radius 1 is 1.27 bits per heavy atom. The third-order valence-electron chi connectivity index (χ3n) is 3.70. The molecule has 0 amide bonds. The minimum atomic E-state index is 0. The van der Waals surface area contributed by atoms with Crippen LogP contribution in [0.5, 0.6) is 0 Å². The summed E-state index contributed by atoms with van der Waals surface area (Å²) in [5.41, 5.74) is 0.955. The highest BCUT2D eigenvalue weighted by atomic mass is 79.9. The number of anilines is 1. The van der Waals surface area contributed by atoms with Crippen LogP contribution in [0.3, 0.4) is 0 Å². The minimum Gasteiger partial charge on any atom is -0.366 e. The number of nitrogens with one attached hydrogen (secondary N) is 2. The first-order chi connectivity index (χ1) is 10.2. The lowest BCUT2D eigenvalue weighted by molar-refractivity contribution is 0.235. The molecule has 5 nitrogen and oxygen atoms in total. The number of nitrogens with zero attached hydrogens (tertiary/aromatic N) is 3. The molecule has 1 fully saturated rings. The molecule has 1 aliphatic heterocycles. The number of hydrogen-bond acceptors (Lipinski definition) is 5. The predicted molar refractivity (Wildman–Crippen MR) is 96.9 cm³/mol. The van der Waals surface area contributed by atoms with E-state index in [2.05, 4.69) is 54.4 Å². The molecule has 3 rings (SSSR count). The van der Waals surface area contributed by atoms with Gasteiger partial charge in [0.2, 0.25) is 0 Å². The highest BCUT2D eigenvalue weighted by Crippen LogP contribution is 2.22. The Balaban J connectivity index is 0.00000176. The Kier molecular flexibility index (Phi) is 6.37. The minimum absolute atomic E-state index is 0. The van der Waals surface area contributed by atoms with Crippen LogP contribution in [0.25, 0.3) is 10.9 Å². The Morgan fingerprint density at radius 2 is 2.00 bits per heavy atom. The molecule has 2 aromatic rings. The van der Waals surface area contributed by atoms with E-state index in [-0.39, 0.29) is 12.4 Å². The van der Waals surface area contributed by atoms with Gasteiger partial charge in [-0.05, 0) is 35.0 Å². The zero-order chi connectivity index (χ0) is 14.7. The molecule has 2 heterocycles. The fourth-order valence-electron chi connectivity index (χ4n) is 2.72. The van der Waals surface area contributed by atoms with E-state index in [4.69, 9.17) is 0 Å². The third kappa shape index (κ3) is 4.29. The molecule has 0 unspecified atom stereocenters. The topological polar surface area (TPSA) is 53.1 Å². The van der Waals surface area contributed by atoms with Gasteiger partial charge in [0.15, 0.2) is 4.73 Å². The van der Waals surface area contributed by atoms with Crippen molar-refractivity contribution in [1.29, 1.82) is 0 Å². The van der Waals surface area contributed by atoms with Crippen LogP contribution in [-0.4, -0.2) is 53.6 Å². The fraction of sp³-hybridized carbons (Fsp3) is 0.467. The molecule has 0 aliphatic carbocycles. The highest BCUT2D eigenvalue weighted by molar-refractivity contribution is 9.10. The zero-order valence-electron chi connectivity index (χ0n) is 12.6. The van der Waals surface area contributed by atoms with Gasteiger partial charge in [0.1, 0.15) is 5.82 Å². The van der Waals surface area contributed by atoms with Crippen LogP contribution >= 0.6 is 28.3 Å². The van der Waals surface area contributed by atoms with E-state index in [1.165, 1.54) is 0 Å². The van der Waals surface area contributed by atoms with Gasteiger partial charge in [0.05, 0.1) is 5.52 Å². The fourth-order valence-corrected chi connectivity index (χ4v) is 3.09. The number of fused-ring (bicyclic) bond motifs is 1. The van der Waals surface area contributed by atoms with Crippen molar-refractivity contribution in [3.8, 4) is 0 Å². The van der Waals surface area contributed by atoms with E-state index in [0.717, 1.165) is 49.4 Å². The normalized spacial score (nSPS) is 17.0. The van der Waals surface area contributed by atoms with Crippen molar-refractivity contribution in [2.24, 2.45) is 0 Å². The average Bonchev–Trinajstić information content (AvgIpc) is 2.48. The summed E-state index contributed by atoms with van der Waals surface area (Å²) < 4.78 is 0.623. The Labute approximate surface area is 145 Å². The molecule has 1 aromatic carbocycles. The first-order valence-electron chi connectivity index (χ1n) is 7.34. The van der Waals surface area contributed by atoms with Gasteiger partial charge in [0.25, 0.3) is 0 Å². The first-order valence-corrected chi connectivity index (χ1v) is 8.13. The van der Waals surface area contributed by atoms with Crippen LogP contribution in [0.4, 0.5) is 5.82 Å². The Hall–Kier alpha value is -0.950. The predicted octanol–water partition coefficient (Wildman–Crippen LogP) is 2.52. The van der Waals surface area contributed by atoms with Crippen LogP contribution in [0.2, 0.25) is 0 Å². The number of para-hydroxylation sites is 1. The lowest BCUT2D eigenvalue weighted by Crippen LogP contribution is -2.47. The number of aromatic nitrogens is 2. The summed E-state index contributed by atoms with van der Waals surface area (Å²) in [6.45, 7) is 7.61. The molecule has 1 saturated heterocycles. The van der Waals surface area contributed by atoms with Crippen LogP contribution in [0, 0.1) is 0 Å². The number of piperazine rings is 1. The van der Waals surface area contributed by atoms with Gasteiger partial charge in [-0.3, -0.25) is 4.90 Å². The molecule has 0 saturated carbocycles. The summed E-state index contributed by atoms with van der Waals surface area (Å²) in [5, 5.41) is 7.97. The van der Waals surface area contributed by atoms with Crippen molar-refractivity contribution in [3.05, 3.63) is 29.0 Å². The largest absolute Gasteiger partial charge is 0.366 e. The van der Waals surface area contributed by atoms with E-state index in [9.17, 15) is 0 Å². The van der Waals surface area contributed by atoms with Crippen molar-refractivity contribution in [3.63, 3.8) is 0 Å². The summed E-state index contributed by atoms with van der Waals surface area (Å²) in [6.07, 6.45) is 0. The van der Waals surface area contributed by atoms with E-state index in [0.29, 0.717) is 10.8 Å². The molecule has 2 N–H and O–H groups in total. The molecular formula is C15H21BrClN5. The van der Waals surface area contributed by atoms with E-state index < -0.39 is 0 Å². The van der Waals surface area contributed by atoms with Gasteiger partial charge in [-0.25, -0.2) is 9.97 Å². The molecule has 22 heavy (non-hydrogen) atoms. The summed E-state index contributed by atoms with van der Waals surface area (Å²) in [5.74, 6) is 0.898. The number of hydrogen-bond donors (Lipinski definition) is 2. The summed E-state index contributed by atoms with van der Waals surface area (Å²) >= 11 is 3.39. The maximum Gasteiger partial charge on any atom is 0.199 e. The van der Waals surface area contributed by atoms with Crippen molar-refractivity contribution < 1.29 is 0 Å². The second-order valence-corrected chi connectivity index (χ2v) is 6.16. The van der Waals surface area contributed by atoms with Gasteiger partial charge >= 0.3 is 0 Å². The van der Waals surface area contributed by atoms with Crippen molar-refractivity contribution in [2.75, 3.05) is 38.0 Å². The van der Waals surface area contributed by atoms with Crippen molar-refractivity contribution >= 4 is 45.1 Å². The molecule has 0 bridgehead atoms. The standard InChI is InChI=1S/C15H20BrN5.ClH/c1-11(10-21-8-6-17-7-9-21)18-14-12-4-2-3-5-13(12)19-15(16)20-14;/h2-5,11,17H,6-10H2,1H3,(H,18,19,20);1H/t11-;/m0./s1. The third-order valence-corrected chi connectivity index (χ3v) is 4.06. The molecule has 0 spiro atoms. The second-order valence-electron chi connectivity index (χ2n) is 5.45. The SMILES string of the molecule is C[C@@H](CN1CCNCC1)Nc1nc(Br)nc2ccccc12.Cl. The van der Waals surface area contributed by atoms with Crippen LogP contribution in [-0.2, 0) is 0 Å². The van der Waals surface area contributed by atoms with Gasteiger partial charge in [-0.1, -0.05) is 12.1 Å². The summed E-state index contributed by atoms with van der Waals surface area (Å²) in [7, 11) is 0. The molecule has 1 atom stereocenters. The smallest absolute Gasteiger partial charge is 0.199 e.